The van der Waals surface area contributed by atoms with Crippen molar-refractivity contribution in [2.24, 2.45) is 0 Å². The molecule has 0 aliphatic carbocycles. The van der Waals surface area contributed by atoms with Crippen LogP contribution in [-0.2, 0) is 11.0 Å². The van der Waals surface area contributed by atoms with Crippen molar-refractivity contribution in [3.63, 3.8) is 0 Å². The van der Waals surface area contributed by atoms with Gasteiger partial charge in [0.15, 0.2) is 0 Å². The number of hydrogen-bond donors (Lipinski definition) is 0. The van der Waals surface area contributed by atoms with Crippen molar-refractivity contribution in [2.75, 3.05) is 39.8 Å². The van der Waals surface area contributed by atoms with Gasteiger partial charge in [-0.2, -0.15) is 13.2 Å². The number of rotatable bonds is 2. The quantitative estimate of drug-likeness (QED) is 0.791. The Morgan fingerprint density at radius 2 is 1.77 bits per heavy atom. The minimum atomic E-state index is -4.63. The van der Waals surface area contributed by atoms with Gasteiger partial charge >= 0.3 is 6.18 Å². The molecule has 1 unspecified atom stereocenters. The highest BCUT2D eigenvalue weighted by Gasteiger charge is 2.38. The molecule has 0 aromatic carbocycles. The Morgan fingerprint density at radius 1 is 1.12 bits per heavy atom. The van der Waals surface area contributed by atoms with E-state index >= 15 is 0 Å². The lowest BCUT2D eigenvalue weighted by atomic mass is 10.1. The number of piperazine rings is 1. The molecule has 1 aromatic heterocycles. The molecule has 2 aliphatic rings. The lowest BCUT2D eigenvalue weighted by molar-refractivity contribution is -0.138. The van der Waals surface area contributed by atoms with Gasteiger partial charge in [0.2, 0.25) is 5.91 Å². The van der Waals surface area contributed by atoms with Crippen molar-refractivity contribution in [1.29, 1.82) is 0 Å². The zero-order valence-corrected chi connectivity index (χ0v) is 14.5. The Kier molecular flexibility index (Phi) is 5.17. The Balaban J connectivity index is 1.65. The van der Waals surface area contributed by atoms with Crippen LogP contribution in [0.4, 0.5) is 13.2 Å². The highest BCUT2D eigenvalue weighted by molar-refractivity contribution is 5.94. The van der Waals surface area contributed by atoms with Crippen LogP contribution in [0.1, 0.15) is 28.9 Å². The number of likely N-dealkylation sites (N-methyl/N-ethyl adjacent to an activating group) is 1. The second-order valence-electron chi connectivity index (χ2n) is 6.65. The van der Waals surface area contributed by atoms with E-state index in [2.05, 4.69) is 4.98 Å². The molecule has 9 heteroatoms. The van der Waals surface area contributed by atoms with Gasteiger partial charge in [-0.05, 0) is 38.6 Å². The van der Waals surface area contributed by atoms with E-state index in [1.165, 1.54) is 11.1 Å². The first-order valence-electron chi connectivity index (χ1n) is 8.59. The maximum Gasteiger partial charge on any atom is 0.418 e. The van der Waals surface area contributed by atoms with E-state index in [1.54, 1.807) is 4.90 Å². The van der Waals surface area contributed by atoms with Gasteiger partial charge in [-0.15, -0.1) is 0 Å². The fourth-order valence-electron chi connectivity index (χ4n) is 3.52. The zero-order chi connectivity index (χ0) is 18.9. The molecular weight excluding hydrogens is 349 g/mol. The number of carbonyl (C=O) groups excluding carboxylic acids is 2. The van der Waals surface area contributed by atoms with Gasteiger partial charge in [-0.1, -0.05) is 0 Å². The van der Waals surface area contributed by atoms with Crippen LogP contribution in [0.2, 0.25) is 0 Å². The second kappa shape index (κ2) is 7.22. The van der Waals surface area contributed by atoms with Crippen LogP contribution in [0.5, 0.6) is 0 Å². The first-order chi connectivity index (χ1) is 12.3. The number of likely N-dealkylation sites (tertiary alicyclic amines) is 1. The van der Waals surface area contributed by atoms with Gasteiger partial charge in [0, 0.05) is 32.4 Å². The maximum atomic E-state index is 13.1. The van der Waals surface area contributed by atoms with E-state index in [0.29, 0.717) is 13.1 Å². The third kappa shape index (κ3) is 3.67. The summed E-state index contributed by atoms with van der Waals surface area (Å²) >= 11 is 0. The van der Waals surface area contributed by atoms with Crippen molar-refractivity contribution in [1.82, 2.24) is 19.7 Å². The van der Waals surface area contributed by atoms with Gasteiger partial charge in [-0.25, -0.2) is 0 Å². The number of pyridine rings is 1. The number of alkyl halides is 3. The monoisotopic (exact) mass is 370 g/mol. The first-order valence-corrected chi connectivity index (χ1v) is 8.59. The zero-order valence-electron chi connectivity index (χ0n) is 14.5. The number of aromatic nitrogens is 1. The lowest BCUT2D eigenvalue weighted by Crippen LogP contribution is -2.54. The Hall–Kier alpha value is -2.16. The summed E-state index contributed by atoms with van der Waals surface area (Å²) < 4.78 is 39.3. The molecule has 0 bridgehead atoms. The predicted octanol–water partition coefficient (Wildman–Crippen LogP) is 1.48. The number of carbonyl (C=O) groups is 2. The maximum absolute atomic E-state index is 13.1. The van der Waals surface area contributed by atoms with Gasteiger partial charge in [0.25, 0.3) is 5.91 Å². The van der Waals surface area contributed by atoms with E-state index < -0.39 is 23.3 Å². The van der Waals surface area contributed by atoms with E-state index in [4.69, 9.17) is 0 Å². The molecule has 0 spiro atoms. The van der Waals surface area contributed by atoms with Crippen LogP contribution >= 0.6 is 0 Å². The van der Waals surface area contributed by atoms with Crippen molar-refractivity contribution in [3.05, 3.63) is 29.6 Å². The largest absolute Gasteiger partial charge is 0.418 e. The van der Waals surface area contributed by atoms with Crippen molar-refractivity contribution >= 4 is 11.8 Å². The summed E-state index contributed by atoms with van der Waals surface area (Å²) in [4.78, 5) is 33.8. The summed E-state index contributed by atoms with van der Waals surface area (Å²) in [5.74, 6) is -0.714. The molecule has 6 nitrogen and oxygen atoms in total. The van der Waals surface area contributed by atoms with Gasteiger partial charge in [0.1, 0.15) is 5.69 Å². The van der Waals surface area contributed by atoms with E-state index in [9.17, 15) is 22.8 Å². The summed E-state index contributed by atoms with van der Waals surface area (Å²) in [6.45, 7) is 1.94. The van der Waals surface area contributed by atoms with E-state index in [0.717, 1.165) is 31.5 Å². The molecule has 0 radical (unpaired) electrons. The Morgan fingerprint density at radius 3 is 2.35 bits per heavy atom. The standard InChI is InChI=1S/C17H21F3N4O2/c1-22-7-3-5-13(22)15(25)23-8-10-24(11-9-23)16(26)14-12(17(18,19)20)4-2-6-21-14/h2,4,6,13H,3,5,7-11H2,1H3. The molecule has 1 aromatic rings. The third-order valence-electron chi connectivity index (χ3n) is 5.00. The number of nitrogens with zero attached hydrogens (tertiary/aromatic N) is 4. The minimum absolute atomic E-state index is 0.0333. The lowest BCUT2D eigenvalue weighted by Gasteiger charge is -2.37. The highest BCUT2D eigenvalue weighted by atomic mass is 19.4. The molecule has 3 heterocycles. The number of hydrogen-bond acceptors (Lipinski definition) is 4. The summed E-state index contributed by atoms with van der Waals surface area (Å²) in [5, 5.41) is 0. The molecule has 0 saturated carbocycles. The fourth-order valence-corrected chi connectivity index (χ4v) is 3.52. The normalized spacial score (nSPS) is 21.9. The van der Waals surface area contributed by atoms with Gasteiger partial charge in [0.05, 0.1) is 11.6 Å². The van der Waals surface area contributed by atoms with Crippen LogP contribution in [0, 0.1) is 0 Å². The smallest absolute Gasteiger partial charge is 0.338 e. The summed E-state index contributed by atoms with van der Waals surface area (Å²) in [6.07, 6.45) is -1.66. The average Bonchev–Trinajstić information content (AvgIpc) is 3.06. The number of halogens is 3. The van der Waals surface area contributed by atoms with Crippen LogP contribution in [0.25, 0.3) is 0 Å². The summed E-state index contributed by atoms with van der Waals surface area (Å²) in [7, 11) is 1.91. The molecule has 0 N–H and O–H groups in total. The van der Waals surface area contributed by atoms with Crippen LogP contribution in [0.3, 0.4) is 0 Å². The first kappa shape index (κ1) is 18.6. The molecule has 2 saturated heterocycles. The Labute approximate surface area is 149 Å². The molecule has 2 aliphatic heterocycles. The third-order valence-corrected chi connectivity index (χ3v) is 5.00. The van der Waals surface area contributed by atoms with E-state index in [-0.39, 0.29) is 25.0 Å². The topological polar surface area (TPSA) is 56.8 Å². The molecule has 1 atom stereocenters. The molecule has 3 rings (SSSR count). The van der Waals surface area contributed by atoms with Crippen LogP contribution in [0.15, 0.2) is 18.3 Å². The second-order valence-corrected chi connectivity index (χ2v) is 6.65. The summed E-state index contributed by atoms with van der Waals surface area (Å²) in [6, 6.07) is 1.88. The molecule has 2 fully saturated rings. The van der Waals surface area contributed by atoms with E-state index in [1.807, 2.05) is 11.9 Å². The van der Waals surface area contributed by atoms with Crippen LogP contribution in [-0.4, -0.2) is 77.3 Å². The minimum Gasteiger partial charge on any atom is -0.338 e. The molecule has 2 amide bonds. The molecular formula is C17H21F3N4O2. The van der Waals surface area contributed by atoms with Crippen LogP contribution < -0.4 is 0 Å². The number of amides is 2. The highest BCUT2D eigenvalue weighted by Crippen LogP contribution is 2.31. The molecule has 26 heavy (non-hydrogen) atoms. The van der Waals surface area contributed by atoms with Crippen molar-refractivity contribution in [3.8, 4) is 0 Å². The van der Waals surface area contributed by atoms with Crippen molar-refractivity contribution < 1.29 is 22.8 Å². The summed E-state index contributed by atoms with van der Waals surface area (Å²) in [5.41, 5.74) is -1.62. The van der Waals surface area contributed by atoms with Gasteiger partial charge in [-0.3, -0.25) is 19.5 Å². The van der Waals surface area contributed by atoms with Gasteiger partial charge < -0.3 is 9.80 Å². The Bertz CT molecular complexity index is 687. The fraction of sp³-hybridized carbons (Fsp3) is 0.588. The average molecular weight is 370 g/mol. The molecule has 142 valence electrons. The predicted molar refractivity (Wildman–Crippen MR) is 87.4 cm³/mol. The SMILES string of the molecule is CN1CCCC1C(=O)N1CCN(C(=O)c2ncccc2C(F)(F)F)CC1. The van der Waals surface area contributed by atoms with Crippen molar-refractivity contribution in [2.45, 2.75) is 25.1 Å².